The van der Waals surface area contributed by atoms with Gasteiger partial charge in [-0.15, -0.1) is 10.2 Å². The minimum atomic E-state index is -0.460. The third kappa shape index (κ3) is 5.62. The standard InChI is InChI=1S/C18H22ClN5O3S/c1-24-15(10-27-13-7-5-12(19)6-8-13)22-23-18(24)28-11-16(25)21-14-4-2-3-9-20-17(14)26/h5-8,14H,2-4,9-11H2,1H3,(H,20,26)(H,21,25). The summed E-state index contributed by atoms with van der Waals surface area (Å²) in [6, 6.07) is 6.60. The molecule has 0 saturated carbocycles. The highest BCUT2D eigenvalue weighted by Gasteiger charge is 2.22. The Balaban J connectivity index is 1.48. The summed E-state index contributed by atoms with van der Waals surface area (Å²) in [5, 5.41) is 15.1. The molecule has 0 radical (unpaired) electrons. The molecule has 0 spiro atoms. The minimum Gasteiger partial charge on any atom is -0.486 e. The summed E-state index contributed by atoms with van der Waals surface area (Å²) in [5.74, 6) is 1.17. The molecule has 10 heteroatoms. The number of thioether (sulfide) groups is 1. The molecule has 28 heavy (non-hydrogen) atoms. The number of ether oxygens (including phenoxy) is 1. The van der Waals surface area contributed by atoms with Gasteiger partial charge in [-0.05, 0) is 43.5 Å². The van der Waals surface area contributed by atoms with Gasteiger partial charge < -0.3 is 19.9 Å². The summed E-state index contributed by atoms with van der Waals surface area (Å²) in [6.07, 6.45) is 2.52. The molecule has 2 heterocycles. The molecule has 1 aromatic heterocycles. The SMILES string of the molecule is Cn1c(COc2ccc(Cl)cc2)nnc1SCC(=O)NC1CCCCNC1=O. The van der Waals surface area contributed by atoms with Crippen LogP contribution in [0.4, 0.5) is 0 Å². The van der Waals surface area contributed by atoms with Gasteiger partial charge in [0, 0.05) is 18.6 Å². The smallest absolute Gasteiger partial charge is 0.242 e. The maximum absolute atomic E-state index is 12.2. The number of hydrogen-bond acceptors (Lipinski definition) is 6. The lowest BCUT2D eigenvalue weighted by Gasteiger charge is -2.14. The lowest BCUT2D eigenvalue weighted by Crippen LogP contribution is -2.46. The zero-order valence-electron chi connectivity index (χ0n) is 15.5. The molecule has 1 aliphatic heterocycles. The molecular weight excluding hydrogens is 402 g/mol. The van der Waals surface area contributed by atoms with E-state index in [-0.39, 0.29) is 24.2 Å². The summed E-state index contributed by atoms with van der Waals surface area (Å²) in [4.78, 5) is 24.1. The van der Waals surface area contributed by atoms with E-state index in [1.807, 2.05) is 7.05 Å². The summed E-state index contributed by atoms with van der Waals surface area (Å²) < 4.78 is 7.46. The van der Waals surface area contributed by atoms with Crippen molar-refractivity contribution in [2.45, 2.75) is 37.1 Å². The number of benzene rings is 1. The first-order chi connectivity index (χ1) is 13.5. The molecule has 0 aliphatic carbocycles. The Morgan fingerprint density at radius 3 is 2.93 bits per heavy atom. The van der Waals surface area contributed by atoms with Gasteiger partial charge in [-0.2, -0.15) is 0 Å². The first kappa shape index (κ1) is 20.5. The fraction of sp³-hybridized carbons (Fsp3) is 0.444. The molecule has 2 aromatic rings. The van der Waals surface area contributed by atoms with Gasteiger partial charge >= 0.3 is 0 Å². The Morgan fingerprint density at radius 1 is 1.36 bits per heavy atom. The van der Waals surface area contributed by atoms with Crippen LogP contribution in [0.1, 0.15) is 25.1 Å². The van der Waals surface area contributed by atoms with Crippen molar-refractivity contribution in [3.8, 4) is 5.75 Å². The third-order valence-corrected chi connectivity index (χ3v) is 5.58. The van der Waals surface area contributed by atoms with Crippen LogP contribution in [0, 0.1) is 0 Å². The van der Waals surface area contributed by atoms with Crippen molar-refractivity contribution in [1.82, 2.24) is 25.4 Å². The van der Waals surface area contributed by atoms with Crippen LogP contribution in [0.2, 0.25) is 5.02 Å². The number of rotatable bonds is 7. The molecule has 150 valence electrons. The number of nitrogens with zero attached hydrogens (tertiary/aromatic N) is 3. The quantitative estimate of drug-likeness (QED) is 0.660. The summed E-state index contributed by atoms with van der Waals surface area (Å²) in [7, 11) is 1.82. The van der Waals surface area contributed by atoms with E-state index < -0.39 is 6.04 Å². The van der Waals surface area contributed by atoms with Gasteiger partial charge in [-0.1, -0.05) is 23.4 Å². The Hall–Kier alpha value is -2.26. The van der Waals surface area contributed by atoms with E-state index in [1.165, 1.54) is 11.8 Å². The zero-order valence-corrected chi connectivity index (χ0v) is 17.1. The monoisotopic (exact) mass is 423 g/mol. The van der Waals surface area contributed by atoms with Crippen LogP contribution >= 0.6 is 23.4 Å². The average molecular weight is 424 g/mol. The Labute approximate surface area is 172 Å². The molecule has 8 nitrogen and oxygen atoms in total. The maximum Gasteiger partial charge on any atom is 0.242 e. The molecule has 1 aromatic carbocycles. The highest BCUT2D eigenvalue weighted by Crippen LogP contribution is 2.19. The highest BCUT2D eigenvalue weighted by molar-refractivity contribution is 7.99. The van der Waals surface area contributed by atoms with Gasteiger partial charge in [0.15, 0.2) is 11.0 Å². The predicted octanol–water partition coefficient (Wildman–Crippen LogP) is 1.92. The second-order valence-electron chi connectivity index (χ2n) is 6.40. The van der Waals surface area contributed by atoms with Crippen molar-refractivity contribution >= 4 is 35.2 Å². The van der Waals surface area contributed by atoms with Crippen LogP contribution in [0.25, 0.3) is 0 Å². The number of carbonyl (C=O) groups is 2. The average Bonchev–Trinajstić information content (AvgIpc) is 2.91. The van der Waals surface area contributed by atoms with E-state index in [4.69, 9.17) is 16.3 Å². The second-order valence-corrected chi connectivity index (χ2v) is 7.77. The first-order valence-corrected chi connectivity index (χ1v) is 10.4. The lowest BCUT2D eigenvalue weighted by atomic mass is 10.1. The molecule has 1 atom stereocenters. The Kier molecular flexibility index (Phi) is 7.16. The number of halogens is 1. The van der Waals surface area contributed by atoms with Crippen molar-refractivity contribution in [3.05, 3.63) is 35.1 Å². The van der Waals surface area contributed by atoms with Crippen molar-refractivity contribution < 1.29 is 14.3 Å². The van der Waals surface area contributed by atoms with Crippen LogP contribution in [0.15, 0.2) is 29.4 Å². The van der Waals surface area contributed by atoms with Gasteiger partial charge in [0.25, 0.3) is 0 Å². The summed E-state index contributed by atoms with van der Waals surface area (Å²) >= 11 is 7.12. The second kappa shape index (κ2) is 9.79. The van der Waals surface area contributed by atoms with E-state index in [0.717, 1.165) is 12.8 Å². The molecule has 3 rings (SSSR count). The van der Waals surface area contributed by atoms with Crippen LogP contribution < -0.4 is 15.4 Å². The van der Waals surface area contributed by atoms with Gasteiger partial charge in [-0.3, -0.25) is 9.59 Å². The van der Waals surface area contributed by atoms with Gasteiger partial charge in [0.05, 0.1) is 5.75 Å². The number of hydrogen-bond donors (Lipinski definition) is 2. The van der Waals surface area contributed by atoms with Gasteiger partial charge in [-0.25, -0.2) is 0 Å². The van der Waals surface area contributed by atoms with E-state index in [2.05, 4.69) is 20.8 Å². The van der Waals surface area contributed by atoms with E-state index in [0.29, 0.717) is 34.7 Å². The molecule has 1 aliphatic rings. The number of carbonyl (C=O) groups excluding carboxylic acids is 2. The summed E-state index contributed by atoms with van der Waals surface area (Å²) in [6.45, 7) is 0.917. The largest absolute Gasteiger partial charge is 0.486 e. The first-order valence-electron chi connectivity index (χ1n) is 8.99. The van der Waals surface area contributed by atoms with E-state index >= 15 is 0 Å². The van der Waals surface area contributed by atoms with Crippen molar-refractivity contribution in [3.63, 3.8) is 0 Å². The van der Waals surface area contributed by atoms with Crippen LogP contribution in [-0.2, 0) is 23.2 Å². The van der Waals surface area contributed by atoms with Crippen LogP contribution in [0.5, 0.6) is 5.75 Å². The van der Waals surface area contributed by atoms with Gasteiger partial charge in [0.2, 0.25) is 11.8 Å². The lowest BCUT2D eigenvalue weighted by molar-refractivity contribution is -0.127. The van der Waals surface area contributed by atoms with Crippen LogP contribution in [-0.4, -0.2) is 44.9 Å². The number of nitrogens with one attached hydrogen (secondary N) is 2. The normalized spacial score (nSPS) is 16.9. The molecule has 1 saturated heterocycles. The minimum absolute atomic E-state index is 0.115. The van der Waals surface area contributed by atoms with Crippen molar-refractivity contribution in [2.75, 3.05) is 12.3 Å². The summed E-state index contributed by atoms with van der Waals surface area (Å²) in [5.41, 5.74) is 0. The molecular formula is C18H22ClN5O3S. The molecule has 2 amide bonds. The van der Waals surface area contributed by atoms with Crippen LogP contribution in [0.3, 0.4) is 0 Å². The molecule has 1 fully saturated rings. The molecule has 0 bridgehead atoms. The Bertz CT molecular complexity index is 827. The fourth-order valence-electron chi connectivity index (χ4n) is 2.72. The Morgan fingerprint density at radius 2 is 2.14 bits per heavy atom. The van der Waals surface area contributed by atoms with E-state index in [1.54, 1.807) is 28.8 Å². The fourth-order valence-corrected chi connectivity index (χ4v) is 3.59. The van der Waals surface area contributed by atoms with Gasteiger partial charge in [0.1, 0.15) is 18.4 Å². The highest BCUT2D eigenvalue weighted by atomic mass is 35.5. The molecule has 2 N–H and O–H groups in total. The van der Waals surface area contributed by atoms with Crippen molar-refractivity contribution in [1.29, 1.82) is 0 Å². The zero-order chi connectivity index (χ0) is 19.9. The third-order valence-electron chi connectivity index (χ3n) is 4.31. The molecule has 1 unspecified atom stereocenters. The number of aromatic nitrogens is 3. The van der Waals surface area contributed by atoms with Crippen molar-refractivity contribution in [2.24, 2.45) is 7.05 Å². The maximum atomic E-state index is 12.2. The topological polar surface area (TPSA) is 98.1 Å². The predicted molar refractivity (Wildman–Crippen MR) is 106 cm³/mol. The number of amides is 2. The van der Waals surface area contributed by atoms with E-state index in [9.17, 15) is 9.59 Å².